The van der Waals surface area contributed by atoms with Crippen LogP contribution in [0.15, 0.2) is 12.4 Å². The molecule has 2 nitrogen and oxygen atoms in total. The van der Waals surface area contributed by atoms with Gasteiger partial charge in [0.05, 0.1) is 0 Å². The van der Waals surface area contributed by atoms with Crippen LogP contribution in [-0.2, 0) is 23.5 Å². The van der Waals surface area contributed by atoms with Crippen molar-refractivity contribution in [3.05, 3.63) is 18.2 Å². The van der Waals surface area contributed by atoms with Crippen LogP contribution in [0, 0.1) is 0 Å². The van der Waals surface area contributed by atoms with Crippen molar-refractivity contribution in [2.45, 2.75) is 13.3 Å². The molecule has 0 saturated heterocycles. The average Bonchev–Trinajstić information content (AvgIpc) is 2.14. The van der Waals surface area contributed by atoms with E-state index in [1.54, 1.807) is 6.20 Å². The van der Waals surface area contributed by atoms with Gasteiger partial charge >= 0.3 is 17.1 Å². The van der Waals surface area contributed by atoms with Gasteiger partial charge in [-0.2, -0.15) is 0 Å². The Labute approximate surface area is 92.2 Å². The fourth-order valence-corrected chi connectivity index (χ4v) is 0.491. The van der Waals surface area contributed by atoms with Crippen LogP contribution in [0.25, 0.3) is 0 Å². The third-order valence-corrected chi connectivity index (χ3v) is 0.890. The van der Waals surface area contributed by atoms with E-state index in [9.17, 15) is 0 Å². The molecular weight excluding hydrogens is 311 g/mol. The summed E-state index contributed by atoms with van der Waals surface area (Å²) in [6, 6.07) is 0. The minimum Gasteiger partial charge on any atom is -1.00 e. The van der Waals surface area contributed by atoms with Crippen molar-refractivity contribution in [2.75, 3.05) is 0 Å². The van der Waals surface area contributed by atoms with E-state index >= 15 is 0 Å². The van der Waals surface area contributed by atoms with Gasteiger partial charge in [-0.1, -0.05) is 6.92 Å². The summed E-state index contributed by atoms with van der Waals surface area (Å²) in [6.45, 7) is 2.07. The van der Waals surface area contributed by atoms with Gasteiger partial charge < -0.3 is 38.9 Å². The summed E-state index contributed by atoms with van der Waals surface area (Å²) in [5, 5.41) is 0. The minimum absolute atomic E-state index is 0. The molecule has 0 aliphatic carbocycles. The summed E-state index contributed by atoms with van der Waals surface area (Å²) in [6.07, 6.45) is 4.59. The molecule has 10 heavy (non-hydrogen) atoms. The van der Waals surface area contributed by atoms with Crippen molar-refractivity contribution in [1.82, 2.24) is 9.97 Å². The molecule has 0 spiro atoms. The Morgan fingerprint density at radius 3 is 2.30 bits per heavy atom. The number of nitrogens with zero attached hydrogens (tertiary/aromatic N) is 1. The zero-order valence-corrected chi connectivity index (χ0v) is 9.48. The number of aryl methyl sites for hydroxylation is 1. The van der Waals surface area contributed by atoms with E-state index in [2.05, 4.69) is 16.9 Å². The van der Waals surface area contributed by atoms with Gasteiger partial charge in [-0.3, -0.25) is 0 Å². The first-order chi connectivity index (χ1) is 3.43. The average molecular weight is 319 g/mol. The summed E-state index contributed by atoms with van der Waals surface area (Å²) in [4.78, 5) is 6.95. The molecule has 1 rings (SSSR count). The van der Waals surface area contributed by atoms with E-state index in [1.807, 2.05) is 6.20 Å². The maximum absolute atomic E-state index is 3.98. The van der Waals surface area contributed by atoms with Gasteiger partial charge in [0.2, 0.25) is 0 Å². The Hall–Kier alpha value is 0.689. The van der Waals surface area contributed by atoms with Crippen LogP contribution in [-0.4, -0.2) is 9.97 Å². The molecule has 1 aromatic heterocycles. The van der Waals surface area contributed by atoms with Crippen molar-refractivity contribution in [1.29, 1.82) is 0 Å². The Bertz CT molecular complexity index is 132. The number of imidazole rings is 1. The van der Waals surface area contributed by atoms with Crippen LogP contribution in [0.5, 0.6) is 0 Å². The fourth-order valence-electron chi connectivity index (χ4n) is 0.491. The minimum atomic E-state index is 0. The summed E-state index contributed by atoms with van der Waals surface area (Å²) >= 11 is 0. The topological polar surface area (TPSA) is 28.7 Å². The first-order valence-electron chi connectivity index (χ1n) is 2.41. The van der Waals surface area contributed by atoms with Crippen LogP contribution < -0.4 is 34.0 Å². The molecule has 0 saturated carbocycles. The summed E-state index contributed by atoms with van der Waals surface area (Å²) in [5.41, 5.74) is 0. The number of H-pyrrole nitrogens is 1. The van der Waals surface area contributed by atoms with Gasteiger partial charge in [0.25, 0.3) is 0 Å². The second-order valence-electron chi connectivity index (χ2n) is 1.39. The number of nitrogens with one attached hydrogen (secondary N) is 1. The zero-order valence-electron chi connectivity index (χ0n) is 5.37. The molecule has 0 unspecified atom stereocenters. The van der Waals surface area contributed by atoms with Gasteiger partial charge in [0.15, 0.2) is 0 Å². The number of halogens is 2. The van der Waals surface area contributed by atoms with Gasteiger partial charge in [-0.25, -0.2) is 4.98 Å². The Morgan fingerprint density at radius 1 is 1.50 bits per heavy atom. The Kier molecular flexibility index (Phi) is 16.4. The number of hydrogen-bond acceptors (Lipinski definition) is 1. The first kappa shape index (κ1) is 17.0. The molecule has 0 atom stereocenters. The van der Waals surface area contributed by atoms with Gasteiger partial charge in [-0.05, 0) is 0 Å². The first-order valence-corrected chi connectivity index (χ1v) is 2.41. The maximum atomic E-state index is 3.98. The molecule has 1 N–H and O–H groups in total. The van der Waals surface area contributed by atoms with E-state index in [4.69, 9.17) is 0 Å². The number of aromatic amines is 1. The Balaban J connectivity index is -0.000000163. The SMILES string of the molecule is CCc1ncc[nH]1.[Br-].[Br-].[Cu+2]. The van der Waals surface area contributed by atoms with E-state index in [0.29, 0.717) is 0 Å². The predicted molar refractivity (Wildman–Crippen MR) is 28.0 cm³/mol. The van der Waals surface area contributed by atoms with Crippen LogP contribution >= 0.6 is 0 Å². The summed E-state index contributed by atoms with van der Waals surface area (Å²) < 4.78 is 0. The van der Waals surface area contributed by atoms with Crippen LogP contribution in [0.2, 0.25) is 0 Å². The maximum Gasteiger partial charge on any atom is 2.00 e. The van der Waals surface area contributed by atoms with Crippen molar-refractivity contribution < 1.29 is 51.0 Å². The Morgan fingerprint density at radius 2 is 2.10 bits per heavy atom. The van der Waals surface area contributed by atoms with Crippen molar-refractivity contribution in [2.24, 2.45) is 0 Å². The molecule has 0 aliphatic rings. The molecule has 1 heterocycles. The zero-order chi connectivity index (χ0) is 5.11. The predicted octanol–water partition coefficient (Wildman–Crippen LogP) is -5.02. The number of aromatic nitrogens is 2. The number of hydrogen-bond donors (Lipinski definition) is 1. The molecule has 63 valence electrons. The summed E-state index contributed by atoms with van der Waals surface area (Å²) in [7, 11) is 0. The molecule has 0 fully saturated rings. The molecule has 0 bridgehead atoms. The normalized spacial score (nSPS) is 6.50. The standard InChI is InChI=1S/C5H8N2.2BrH.Cu/c1-2-5-6-3-4-7-5;;;/h3-4H,2H2,1H3,(H,6,7);2*1H;/q;;;+2/p-2. The van der Waals surface area contributed by atoms with Crippen molar-refractivity contribution in [3.63, 3.8) is 0 Å². The van der Waals surface area contributed by atoms with Crippen LogP contribution in [0.4, 0.5) is 0 Å². The second-order valence-corrected chi connectivity index (χ2v) is 1.39. The van der Waals surface area contributed by atoms with Gasteiger partial charge in [0, 0.05) is 18.8 Å². The number of rotatable bonds is 1. The molecule has 0 aromatic carbocycles. The third kappa shape index (κ3) is 5.47. The molecule has 0 amide bonds. The third-order valence-electron chi connectivity index (χ3n) is 0.890. The molecule has 1 radical (unpaired) electrons. The molecule has 1 aromatic rings. The van der Waals surface area contributed by atoms with Crippen LogP contribution in [0.3, 0.4) is 0 Å². The van der Waals surface area contributed by atoms with E-state index in [0.717, 1.165) is 12.2 Å². The molecule has 0 aliphatic heterocycles. The van der Waals surface area contributed by atoms with Crippen molar-refractivity contribution >= 4 is 0 Å². The smallest absolute Gasteiger partial charge is 1.00 e. The summed E-state index contributed by atoms with van der Waals surface area (Å²) in [5.74, 6) is 1.06. The monoisotopic (exact) mass is 317 g/mol. The largest absolute Gasteiger partial charge is 2.00 e. The van der Waals surface area contributed by atoms with E-state index in [1.165, 1.54) is 0 Å². The quantitative estimate of drug-likeness (QED) is 0.516. The van der Waals surface area contributed by atoms with Gasteiger partial charge in [0.1, 0.15) is 5.82 Å². The molecular formula is C5H8Br2CuN2. The van der Waals surface area contributed by atoms with E-state index in [-0.39, 0.29) is 51.0 Å². The van der Waals surface area contributed by atoms with E-state index < -0.39 is 0 Å². The van der Waals surface area contributed by atoms with Crippen LogP contribution in [0.1, 0.15) is 12.7 Å². The van der Waals surface area contributed by atoms with Crippen molar-refractivity contribution in [3.8, 4) is 0 Å². The van der Waals surface area contributed by atoms with Gasteiger partial charge in [-0.15, -0.1) is 0 Å². The fraction of sp³-hybridized carbons (Fsp3) is 0.400. The second kappa shape index (κ2) is 9.69. The molecule has 5 heteroatoms.